The number of nitrogens with zero attached hydrogens (tertiary/aromatic N) is 2. The lowest BCUT2D eigenvalue weighted by Crippen LogP contribution is -2.50. The summed E-state index contributed by atoms with van der Waals surface area (Å²) in [5.74, 6) is 0.502. The van der Waals surface area contributed by atoms with Gasteiger partial charge in [-0.05, 0) is 38.7 Å². The summed E-state index contributed by atoms with van der Waals surface area (Å²) in [6.45, 7) is 5.49. The topological polar surface area (TPSA) is 57.7 Å². The second-order valence-corrected chi connectivity index (χ2v) is 9.90. The van der Waals surface area contributed by atoms with Crippen LogP contribution in [0.4, 0.5) is 0 Å². The third-order valence-corrected chi connectivity index (χ3v) is 7.87. The Kier molecular flexibility index (Phi) is 5.13. The van der Waals surface area contributed by atoms with Crippen molar-refractivity contribution in [2.75, 3.05) is 26.2 Å². The molecular formula is C17H24N2O3S2. The van der Waals surface area contributed by atoms with Gasteiger partial charge < -0.3 is 4.90 Å². The normalized spacial score (nSPS) is 22.2. The SMILES string of the molecule is Cc1cc(S(=O)(=O)N2CCN(C(=O)CC3C=CCC3)CC2)c(C)s1. The molecule has 0 radical (unpaired) electrons. The van der Waals surface area contributed by atoms with Crippen LogP contribution in [0.3, 0.4) is 0 Å². The number of rotatable bonds is 4. The van der Waals surface area contributed by atoms with Crippen LogP contribution in [0.25, 0.3) is 0 Å². The molecule has 1 aromatic heterocycles. The van der Waals surface area contributed by atoms with Gasteiger partial charge in [0.1, 0.15) is 0 Å². The van der Waals surface area contributed by atoms with Crippen molar-refractivity contribution in [3.8, 4) is 0 Å². The molecule has 1 aromatic rings. The highest BCUT2D eigenvalue weighted by Crippen LogP contribution is 2.28. The summed E-state index contributed by atoms with van der Waals surface area (Å²) in [6.07, 6.45) is 6.92. The molecule has 132 valence electrons. The zero-order chi connectivity index (χ0) is 17.3. The van der Waals surface area contributed by atoms with Gasteiger partial charge in [0.25, 0.3) is 0 Å². The first-order valence-corrected chi connectivity index (χ1v) is 10.6. The maximum absolute atomic E-state index is 12.8. The molecule has 0 aromatic carbocycles. The predicted molar refractivity (Wildman–Crippen MR) is 95.6 cm³/mol. The van der Waals surface area contributed by atoms with Gasteiger partial charge in [-0.2, -0.15) is 4.31 Å². The van der Waals surface area contributed by atoms with Crippen molar-refractivity contribution >= 4 is 27.3 Å². The smallest absolute Gasteiger partial charge is 0.244 e. The van der Waals surface area contributed by atoms with Crippen LogP contribution >= 0.6 is 11.3 Å². The van der Waals surface area contributed by atoms with Crippen LogP contribution in [-0.2, 0) is 14.8 Å². The van der Waals surface area contributed by atoms with Crippen LogP contribution in [0.2, 0.25) is 0 Å². The maximum atomic E-state index is 12.8. The van der Waals surface area contributed by atoms with E-state index in [2.05, 4.69) is 12.2 Å². The van der Waals surface area contributed by atoms with E-state index in [-0.39, 0.29) is 5.91 Å². The number of amides is 1. The molecule has 1 aliphatic carbocycles. The average molecular weight is 369 g/mol. The maximum Gasteiger partial charge on any atom is 0.244 e. The highest BCUT2D eigenvalue weighted by Gasteiger charge is 2.32. The minimum absolute atomic E-state index is 0.145. The molecular weight excluding hydrogens is 344 g/mol. The number of sulfonamides is 1. The summed E-state index contributed by atoms with van der Waals surface area (Å²) < 4.78 is 27.1. The number of hydrogen-bond acceptors (Lipinski definition) is 4. The molecule has 7 heteroatoms. The lowest BCUT2D eigenvalue weighted by atomic mass is 10.0. The molecule has 1 atom stereocenters. The van der Waals surface area contributed by atoms with Crippen LogP contribution in [-0.4, -0.2) is 49.7 Å². The molecule has 2 heterocycles. The van der Waals surface area contributed by atoms with Gasteiger partial charge in [0.05, 0.1) is 4.90 Å². The van der Waals surface area contributed by atoms with Gasteiger partial charge in [-0.1, -0.05) is 12.2 Å². The van der Waals surface area contributed by atoms with Crippen molar-refractivity contribution in [1.82, 2.24) is 9.21 Å². The Labute approximate surface area is 148 Å². The largest absolute Gasteiger partial charge is 0.340 e. The summed E-state index contributed by atoms with van der Waals surface area (Å²) in [7, 11) is -3.45. The van der Waals surface area contributed by atoms with Gasteiger partial charge in [-0.15, -0.1) is 11.3 Å². The number of carbonyl (C=O) groups is 1. The number of aryl methyl sites for hydroxylation is 2. The van der Waals surface area contributed by atoms with Crippen LogP contribution in [0.15, 0.2) is 23.1 Å². The molecule has 0 spiro atoms. The zero-order valence-corrected chi connectivity index (χ0v) is 15.8. The number of piperazine rings is 1. The predicted octanol–water partition coefficient (Wildman–Crippen LogP) is 2.55. The quantitative estimate of drug-likeness (QED) is 0.768. The van der Waals surface area contributed by atoms with E-state index in [4.69, 9.17) is 0 Å². The second-order valence-electron chi connectivity index (χ2n) is 6.53. The Morgan fingerprint density at radius 3 is 2.50 bits per heavy atom. The van der Waals surface area contributed by atoms with Crippen molar-refractivity contribution in [3.63, 3.8) is 0 Å². The Balaban J connectivity index is 1.61. The lowest BCUT2D eigenvalue weighted by Gasteiger charge is -2.34. The van der Waals surface area contributed by atoms with E-state index in [0.717, 1.165) is 22.6 Å². The molecule has 3 rings (SSSR count). The van der Waals surface area contributed by atoms with Crippen LogP contribution in [0.1, 0.15) is 29.0 Å². The van der Waals surface area contributed by atoms with Gasteiger partial charge in [-0.3, -0.25) is 4.79 Å². The second kappa shape index (κ2) is 6.98. The molecule has 0 N–H and O–H groups in total. The van der Waals surface area contributed by atoms with E-state index in [1.165, 1.54) is 15.6 Å². The third kappa shape index (κ3) is 3.58. The van der Waals surface area contributed by atoms with Crippen molar-refractivity contribution in [2.24, 2.45) is 5.92 Å². The summed E-state index contributed by atoms with van der Waals surface area (Å²) in [6, 6.07) is 1.75. The minimum Gasteiger partial charge on any atom is -0.340 e. The van der Waals surface area contributed by atoms with Crippen molar-refractivity contribution in [1.29, 1.82) is 0 Å². The first-order valence-electron chi connectivity index (χ1n) is 8.39. The third-order valence-electron chi connectivity index (χ3n) is 4.75. The highest BCUT2D eigenvalue weighted by atomic mass is 32.2. The Morgan fingerprint density at radius 1 is 1.25 bits per heavy atom. The monoisotopic (exact) mass is 368 g/mol. The van der Waals surface area contributed by atoms with E-state index >= 15 is 0 Å². The van der Waals surface area contributed by atoms with Crippen molar-refractivity contribution in [2.45, 2.75) is 38.0 Å². The fourth-order valence-corrected chi connectivity index (χ4v) is 6.35. The number of hydrogen-bond donors (Lipinski definition) is 0. The van der Waals surface area contributed by atoms with Gasteiger partial charge in [0, 0.05) is 42.4 Å². The summed E-state index contributed by atoms with van der Waals surface area (Å²) in [4.78, 5) is 16.4. The van der Waals surface area contributed by atoms with E-state index in [9.17, 15) is 13.2 Å². The fraction of sp³-hybridized carbons (Fsp3) is 0.588. The first kappa shape index (κ1) is 17.6. The van der Waals surface area contributed by atoms with Crippen LogP contribution in [0.5, 0.6) is 0 Å². The zero-order valence-electron chi connectivity index (χ0n) is 14.2. The highest BCUT2D eigenvalue weighted by molar-refractivity contribution is 7.89. The molecule has 1 saturated heterocycles. The molecule has 1 aliphatic heterocycles. The van der Waals surface area contributed by atoms with Crippen LogP contribution in [0, 0.1) is 19.8 Å². The lowest BCUT2D eigenvalue weighted by molar-refractivity contribution is -0.133. The molecule has 5 nitrogen and oxygen atoms in total. The average Bonchev–Trinajstić information content (AvgIpc) is 3.17. The van der Waals surface area contributed by atoms with Crippen LogP contribution < -0.4 is 0 Å². The van der Waals surface area contributed by atoms with E-state index < -0.39 is 10.0 Å². The van der Waals surface area contributed by atoms with Gasteiger partial charge in [0.15, 0.2) is 0 Å². The number of allylic oxidation sites excluding steroid dienone is 2. The molecule has 1 unspecified atom stereocenters. The van der Waals surface area contributed by atoms with E-state index in [1.54, 1.807) is 6.07 Å². The van der Waals surface area contributed by atoms with E-state index in [0.29, 0.717) is 43.4 Å². The van der Waals surface area contributed by atoms with E-state index in [1.807, 2.05) is 18.7 Å². The Hall–Kier alpha value is -1.18. The molecule has 2 aliphatic rings. The summed E-state index contributed by atoms with van der Waals surface area (Å²) in [5.41, 5.74) is 0. The molecule has 24 heavy (non-hydrogen) atoms. The summed E-state index contributed by atoms with van der Waals surface area (Å²) in [5, 5.41) is 0. The first-order chi connectivity index (χ1) is 11.4. The van der Waals surface area contributed by atoms with Gasteiger partial charge >= 0.3 is 0 Å². The standard InChI is InChI=1S/C17H24N2O3S2/c1-13-11-16(14(2)23-13)24(21,22)19-9-7-18(8-10-19)17(20)12-15-5-3-4-6-15/h3,5,11,15H,4,6-10,12H2,1-2H3. The van der Waals surface area contributed by atoms with Gasteiger partial charge in [0.2, 0.25) is 15.9 Å². The Bertz CT molecular complexity index is 744. The minimum atomic E-state index is -3.45. The van der Waals surface area contributed by atoms with Crippen molar-refractivity contribution in [3.05, 3.63) is 28.0 Å². The summed E-state index contributed by atoms with van der Waals surface area (Å²) >= 11 is 1.51. The fourth-order valence-electron chi connectivity index (χ4n) is 3.40. The Morgan fingerprint density at radius 2 is 1.96 bits per heavy atom. The molecule has 0 bridgehead atoms. The van der Waals surface area contributed by atoms with Gasteiger partial charge in [-0.25, -0.2) is 8.42 Å². The van der Waals surface area contributed by atoms with Crippen molar-refractivity contribution < 1.29 is 13.2 Å². The number of thiophene rings is 1. The molecule has 0 saturated carbocycles. The molecule has 1 amide bonds. The number of carbonyl (C=O) groups excluding carboxylic acids is 1. The molecule has 1 fully saturated rings.